The monoisotopic (exact) mass is 206 g/mol. The molecule has 15 heavy (non-hydrogen) atoms. The van der Waals surface area contributed by atoms with E-state index in [0.29, 0.717) is 0 Å². The van der Waals surface area contributed by atoms with E-state index < -0.39 is 0 Å². The molecule has 0 unspecified atom stereocenters. The van der Waals surface area contributed by atoms with E-state index in [1.807, 2.05) is 0 Å². The molecule has 0 amide bonds. The molecule has 0 atom stereocenters. The van der Waals surface area contributed by atoms with Gasteiger partial charge in [-0.15, -0.1) is 0 Å². The minimum Gasteiger partial charge on any atom is -0.0656 e. The lowest BCUT2D eigenvalue weighted by Crippen LogP contribution is -1.77. The summed E-state index contributed by atoms with van der Waals surface area (Å²) >= 11 is 0. The van der Waals surface area contributed by atoms with Gasteiger partial charge in [-0.3, -0.25) is 0 Å². The lowest BCUT2D eigenvalue weighted by Gasteiger charge is -1.94. The summed E-state index contributed by atoms with van der Waals surface area (Å²) in [6.45, 7) is 8.53. The molecule has 0 spiro atoms. The zero-order valence-electron chi connectivity index (χ0n) is 10.8. The number of hydrogen-bond donors (Lipinski definition) is 0. The van der Waals surface area contributed by atoms with Gasteiger partial charge < -0.3 is 0 Å². The maximum absolute atomic E-state index is 2.18. The fourth-order valence-corrected chi connectivity index (χ4v) is 0.824. The van der Waals surface area contributed by atoms with E-state index in [4.69, 9.17) is 0 Å². The van der Waals surface area contributed by atoms with Crippen LogP contribution in [0.2, 0.25) is 0 Å². The van der Waals surface area contributed by atoms with Crippen LogP contribution >= 0.6 is 0 Å². The summed E-state index contributed by atoms with van der Waals surface area (Å²) in [7, 11) is 0. The lowest BCUT2D eigenvalue weighted by molar-refractivity contribution is 1.09. The van der Waals surface area contributed by atoms with Crippen LogP contribution in [0.25, 0.3) is 0 Å². The van der Waals surface area contributed by atoms with Crippen molar-refractivity contribution in [1.29, 1.82) is 0 Å². The first-order chi connectivity index (χ1) is 7.24. The van der Waals surface area contributed by atoms with Crippen molar-refractivity contribution < 1.29 is 0 Å². The normalized spacial score (nSPS) is 11.7. The first kappa shape index (κ1) is 14.2. The average Bonchev–Trinajstić information content (AvgIpc) is 3.07. The van der Waals surface area contributed by atoms with E-state index in [1.165, 1.54) is 36.8 Å². The Bertz CT molecular complexity index is 216. The highest BCUT2D eigenvalue weighted by Gasteiger charge is 1.95. The third-order valence-corrected chi connectivity index (χ3v) is 1.88. The quantitative estimate of drug-likeness (QED) is 0.596. The van der Waals surface area contributed by atoms with Crippen molar-refractivity contribution >= 4 is 0 Å². The van der Waals surface area contributed by atoms with Crippen LogP contribution in [-0.4, -0.2) is 0 Å². The highest BCUT2D eigenvalue weighted by Crippen LogP contribution is 2.14. The van der Waals surface area contributed by atoms with E-state index in [2.05, 4.69) is 52.0 Å². The van der Waals surface area contributed by atoms with Gasteiger partial charge in [-0.05, 0) is 18.9 Å². The van der Waals surface area contributed by atoms with Crippen LogP contribution in [0.5, 0.6) is 0 Å². The van der Waals surface area contributed by atoms with Crippen molar-refractivity contribution in [2.75, 3.05) is 0 Å². The molecule has 0 aromatic heterocycles. The van der Waals surface area contributed by atoms with Crippen molar-refractivity contribution in [3.8, 4) is 0 Å². The Balaban J connectivity index is 0.000000268. The molecule has 1 saturated carbocycles. The van der Waals surface area contributed by atoms with Crippen molar-refractivity contribution in [3.63, 3.8) is 0 Å². The Morgan fingerprint density at radius 3 is 1.53 bits per heavy atom. The predicted octanol–water partition coefficient (Wildman–Crippen LogP) is 5.14. The number of rotatable bonds is 1. The summed E-state index contributed by atoms with van der Waals surface area (Å²) in [6, 6.07) is 8.66. The Morgan fingerprint density at radius 2 is 1.27 bits per heavy atom. The van der Waals surface area contributed by atoms with Gasteiger partial charge in [-0.2, -0.15) is 0 Å². The van der Waals surface area contributed by atoms with E-state index >= 15 is 0 Å². The van der Waals surface area contributed by atoms with Crippen molar-refractivity contribution in [1.82, 2.24) is 0 Å². The summed E-state index contributed by atoms with van der Waals surface area (Å²) in [6.07, 6.45) is 6.89. The van der Waals surface area contributed by atoms with Crippen molar-refractivity contribution in [3.05, 3.63) is 35.4 Å². The Hall–Kier alpha value is -0.780. The molecule has 0 saturated heterocycles. The molecule has 0 aliphatic heterocycles. The first-order valence-corrected chi connectivity index (χ1v) is 6.30. The first-order valence-electron chi connectivity index (χ1n) is 6.30. The Morgan fingerprint density at radius 1 is 0.867 bits per heavy atom. The molecular weight excluding hydrogens is 180 g/mol. The Kier molecular flexibility index (Phi) is 9.26. The summed E-state index contributed by atoms with van der Waals surface area (Å²) in [5.41, 5.74) is 2.76. The summed E-state index contributed by atoms with van der Waals surface area (Å²) < 4.78 is 0. The maximum Gasteiger partial charge on any atom is -0.0307 e. The average molecular weight is 206 g/mol. The molecule has 0 heteroatoms. The third kappa shape index (κ3) is 11.1. The number of aryl methyl sites for hydroxylation is 2. The number of benzene rings is 1. The molecular formula is C15H26. The second-order valence-corrected chi connectivity index (χ2v) is 4.11. The zero-order valence-corrected chi connectivity index (χ0v) is 10.8. The maximum atomic E-state index is 2.18. The van der Waals surface area contributed by atoms with Gasteiger partial charge in [0.2, 0.25) is 0 Å². The summed E-state index contributed by atoms with van der Waals surface area (Å²) in [5, 5.41) is 0. The SMILES string of the molecule is C1CC1.CCC.CCc1ccc(C)cc1. The second kappa shape index (κ2) is 9.76. The highest BCUT2D eigenvalue weighted by molar-refractivity contribution is 5.20. The van der Waals surface area contributed by atoms with Gasteiger partial charge in [-0.25, -0.2) is 0 Å². The largest absolute Gasteiger partial charge is 0.0656 e. The highest BCUT2D eigenvalue weighted by atomic mass is 14.0. The molecule has 86 valence electrons. The molecule has 0 nitrogen and oxygen atoms in total. The fourth-order valence-electron chi connectivity index (χ4n) is 0.824. The van der Waals surface area contributed by atoms with Gasteiger partial charge in [0, 0.05) is 0 Å². The van der Waals surface area contributed by atoms with Crippen LogP contribution in [0.4, 0.5) is 0 Å². The van der Waals surface area contributed by atoms with Gasteiger partial charge >= 0.3 is 0 Å². The Labute approximate surface area is 95.7 Å². The van der Waals surface area contributed by atoms with Crippen LogP contribution in [0.1, 0.15) is 57.6 Å². The molecule has 0 N–H and O–H groups in total. The smallest absolute Gasteiger partial charge is 0.0307 e. The molecule has 1 aliphatic carbocycles. The molecule has 0 bridgehead atoms. The molecule has 1 aromatic rings. The minimum atomic E-state index is 1.14. The van der Waals surface area contributed by atoms with Crippen LogP contribution in [0, 0.1) is 6.92 Å². The minimum absolute atomic E-state index is 1.14. The van der Waals surface area contributed by atoms with E-state index in [0.717, 1.165) is 6.42 Å². The van der Waals surface area contributed by atoms with Crippen LogP contribution in [0.15, 0.2) is 24.3 Å². The molecule has 1 aromatic carbocycles. The predicted molar refractivity (Wildman–Crippen MR) is 70.4 cm³/mol. The third-order valence-electron chi connectivity index (χ3n) is 1.88. The van der Waals surface area contributed by atoms with E-state index in [9.17, 15) is 0 Å². The standard InChI is InChI=1S/C9H12.C3H6.C3H8/c1-3-9-6-4-8(2)5-7-9;1-2-3-1;1-3-2/h4-7H,3H2,1-2H3;1-3H2;3H2,1-2H3. The second-order valence-electron chi connectivity index (χ2n) is 4.11. The molecule has 0 radical (unpaired) electrons. The fraction of sp³-hybridized carbons (Fsp3) is 0.600. The van der Waals surface area contributed by atoms with Crippen LogP contribution in [0.3, 0.4) is 0 Å². The van der Waals surface area contributed by atoms with Crippen LogP contribution in [-0.2, 0) is 6.42 Å². The van der Waals surface area contributed by atoms with E-state index in [1.54, 1.807) is 0 Å². The van der Waals surface area contributed by atoms with Gasteiger partial charge in [0.1, 0.15) is 0 Å². The zero-order chi connectivity index (χ0) is 11.5. The van der Waals surface area contributed by atoms with E-state index in [-0.39, 0.29) is 0 Å². The molecule has 0 heterocycles. The van der Waals surface area contributed by atoms with Gasteiger partial charge in [0.25, 0.3) is 0 Å². The van der Waals surface area contributed by atoms with Gasteiger partial charge in [0.15, 0.2) is 0 Å². The number of hydrogen-bond acceptors (Lipinski definition) is 0. The summed E-state index contributed by atoms with van der Waals surface area (Å²) in [4.78, 5) is 0. The molecule has 2 rings (SSSR count). The van der Waals surface area contributed by atoms with Gasteiger partial charge in [0.05, 0.1) is 0 Å². The van der Waals surface area contributed by atoms with Crippen LogP contribution < -0.4 is 0 Å². The summed E-state index contributed by atoms with van der Waals surface area (Å²) in [5.74, 6) is 0. The topological polar surface area (TPSA) is 0 Å². The lowest BCUT2D eigenvalue weighted by atomic mass is 10.1. The molecule has 1 fully saturated rings. The van der Waals surface area contributed by atoms with Crippen molar-refractivity contribution in [2.24, 2.45) is 0 Å². The van der Waals surface area contributed by atoms with Crippen molar-refractivity contribution in [2.45, 2.75) is 59.8 Å². The van der Waals surface area contributed by atoms with Gasteiger partial charge in [-0.1, -0.05) is 76.3 Å². The molecule has 1 aliphatic rings.